The van der Waals surface area contributed by atoms with Crippen LogP contribution in [0.4, 0.5) is 0 Å². The molecule has 0 saturated carbocycles. The Kier molecular flexibility index (Phi) is 6.32. The molecular formula is C35H34N2O. The highest BCUT2D eigenvalue weighted by atomic mass is 16.5. The number of fused-ring (bicyclic) bond motifs is 5. The smallest absolute Gasteiger partial charge is 0.0594 e. The molecule has 2 heterocycles. The number of nitrogens with one attached hydrogen (secondary N) is 1. The first-order valence-electron chi connectivity index (χ1n) is 14.0. The first-order valence-corrected chi connectivity index (χ1v) is 14.0. The lowest BCUT2D eigenvalue weighted by molar-refractivity contribution is 0.0342. The quantitative estimate of drug-likeness (QED) is 0.433. The molecule has 4 aliphatic rings. The molecule has 1 saturated heterocycles. The van der Waals surface area contributed by atoms with Crippen LogP contribution in [-0.2, 0) is 30.5 Å². The maximum absolute atomic E-state index is 5.53. The van der Waals surface area contributed by atoms with Gasteiger partial charge in [-0.25, -0.2) is 0 Å². The number of hydrogen-bond donors (Lipinski definition) is 1. The average molecular weight is 499 g/mol. The fraction of sp³-hybridized carbons (Fsp3) is 0.257. The van der Waals surface area contributed by atoms with Crippen LogP contribution in [0, 0.1) is 0 Å². The number of rotatable bonds is 4. The summed E-state index contributed by atoms with van der Waals surface area (Å²) < 4.78 is 5.53. The highest BCUT2D eigenvalue weighted by Crippen LogP contribution is 2.45. The molecule has 2 aliphatic carbocycles. The van der Waals surface area contributed by atoms with Gasteiger partial charge < -0.3 is 10.1 Å². The lowest BCUT2D eigenvalue weighted by atomic mass is 9.74. The largest absolute Gasteiger partial charge is 0.379 e. The van der Waals surface area contributed by atoms with Gasteiger partial charge in [-0.3, -0.25) is 4.90 Å². The highest BCUT2D eigenvalue weighted by Gasteiger charge is 2.28. The molecule has 0 spiro atoms. The summed E-state index contributed by atoms with van der Waals surface area (Å²) in [6, 6.07) is 23.0. The number of morpholine rings is 1. The van der Waals surface area contributed by atoms with Crippen LogP contribution in [0.5, 0.6) is 0 Å². The van der Waals surface area contributed by atoms with E-state index in [4.69, 9.17) is 4.74 Å². The summed E-state index contributed by atoms with van der Waals surface area (Å²) in [4.78, 5) is 2.49. The number of benzene rings is 3. The van der Waals surface area contributed by atoms with Gasteiger partial charge in [0, 0.05) is 37.1 Å². The monoisotopic (exact) mass is 498 g/mol. The van der Waals surface area contributed by atoms with Crippen molar-refractivity contribution in [1.29, 1.82) is 0 Å². The molecule has 190 valence electrons. The number of allylic oxidation sites excluding steroid dienone is 6. The molecule has 0 atom stereocenters. The van der Waals surface area contributed by atoms with Crippen molar-refractivity contribution in [2.75, 3.05) is 26.3 Å². The zero-order valence-electron chi connectivity index (χ0n) is 21.9. The second-order valence-corrected chi connectivity index (χ2v) is 10.7. The minimum atomic E-state index is 0.841. The Morgan fingerprint density at radius 3 is 2.39 bits per heavy atom. The standard InChI is InChI=1S/C35H34N2O/c1-2-8-34(36-19-5-1)35-29(27-11-9-25(10-12-27)24-37-20-22-38-23-21-37)15-16-32-31-14-13-26-6-3-4-7-28(26)30(31)17-18-33(32)35/h1-12,17-19,36H,13-16,20-24H2. The van der Waals surface area contributed by atoms with Crippen LogP contribution < -0.4 is 5.32 Å². The molecule has 3 heteroatoms. The third-order valence-corrected chi connectivity index (χ3v) is 8.48. The molecule has 38 heavy (non-hydrogen) atoms. The summed E-state index contributed by atoms with van der Waals surface area (Å²) in [6.45, 7) is 4.71. The van der Waals surface area contributed by atoms with Crippen LogP contribution >= 0.6 is 0 Å². The molecule has 3 aromatic rings. The lowest BCUT2D eigenvalue weighted by Gasteiger charge is -2.31. The molecule has 1 N–H and O–H groups in total. The molecule has 0 unspecified atom stereocenters. The van der Waals surface area contributed by atoms with Crippen LogP contribution in [0.2, 0.25) is 0 Å². The summed E-state index contributed by atoms with van der Waals surface area (Å²) in [5.41, 5.74) is 15.5. The second kappa shape index (κ2) is 10.2. The maximum atomic E-state index is 5.53. The van der Waals surface area contributed by atoms with Gasteiger partial charge in [-0.05, 0) is 87.9 Å². The molecule has 0 amide bonds. The Labute approximate surface area is 225 Å². The molecule has 0 bridgehead atoms. The summed E-state index contributed by atoms with van der Waals surface area (Å²) in [5, 5.41) is 3.59. The highest BCUT2D eigenvalue weighted by molar-refractivity contribution is 6.01. The molecule has 1 fully saturated rings. The molecular weight excluding hydrogens is 464 g/mol. The Bertz CT molecular complexity index is 1480. The van der Waals surface area contributed by atoms with Gasteiger partial charge in [0.25, 0.3) is 0 Å². The van der Waals surface area contributed by atoms with E-state index in [1.807, 2.05) is 6.20 Å². The topological polar surface area (TPSA) is 24.5 Å². The Hall–Kier alpha value is -3.66. The zero-order valence-corrected chi connectivity index (χ0v) is 21.9. The molecule has 2 aliphatic heterocycles. The number of aryl methyl sites for hydroxylation is 1. The van der Waals surface area contributed by atoms with E-state index in [0.717, 1.165) is 58.5 Å². The summed E-state index contributed by atoms with van der Waals surface area (Å²) in [6.07, 6.45) is 15.0. The van der Waals surface area contributed by atoms with Crippen molar-refractivity contribution in [3.05, 3.63) is 130 Å². The van der Waals surface area contributed by atoms with E-state index in [-0.39, 0.29) is 0 Å². The van der Waals surface area contributed by atoms with Crippen LogP contribution in [-0.4, -0.2) is 31.2 Å². The van der Waals surface area contributed by atoms with Crippen LogP contribution in [0.1, 0.15) is 39.8 Å². The zero-order chi connectivity index (χ0) is 25.3. The molecule has 3 nitrogen and oxygen atoms in total. The van der Waals surface area contributed by atoms with Gasteiger partial charge in [0.2, 0.25) is 0 Å². The minimum absolute atomic E-state index is 0.841. The lowest BCUT2D eigenvalue weighted by Crippen LogP contribution is -2.35. The van der Waals surface area contributed by atoms with E-state index >= 15 is 0 Å². The van der Waals surface area contributed by atoms with Gasteiger partial charge >= 0.3 is 0 Å². The van der Waals surface area contributed by atoms with E-state index in [9.17, 15) is 0 Å². The van der Waals surface area contributed by atoms with Crippen LogP contribution in [0.25, 0.3) is 22.3 Å². The number of ether oxygens (including phenoxy) is 1. The molecule has 0 aromatic heterocycles. The predicted octanol–water partition coefficient (Wildman–Crippen LogP) is 6.70. The Morgan fingerprint density at radius 1 is 0.711 bits per heavy atom. The molecule has 0 radical (unpaired) electrons. The molecule has 3 aromatic carbocycles. The van der Waals surface area contributed by atoms with E-state index < -0.39 is 0 Å². The van der Waals surface area contributed by atoms with Gasteiger partial charge in [-0.15, -0.1) is 0 Å². The van der Waals surface area contributed by atoms with Gasteiger partial charge in [0.1, 0.15) is 0 Å². The number of nitrogens with zero attached hydrogens (tertiary/aromatic N) is 1. The fourth-order valence-corrected chi connectivity index (χ4v) is 6.59. The Balaban J connectivity index is 1.31. The number of hydrogen-bond acceptors (Lipinski definition) is 3. The summed E-state index contributed by atoms with van der Waals surface area (Å²) in [5.74, 6) is 0. The molecule has 7 rings (SSSR count). The van der Waals surface area contributed by atoms with E-state index in [1.165, 1.54) is 50.2 Å². The van der Waals surface area contributed by atoms with Crippen molar-refractivity contribution < 1.29 is 4.74 Å². The van der Waals surface area contributed by atoms with Gasteiger partial charge in [0.05, 0.1) is 13.2 Å². The van der Waals surface area contributed by atoms with Crippen LogP contribution in [0.3, 0.4) is 0 Å². The van der Waals surface area contributed by atoms with E-state index in [1.54, 1.807) is 11.1 Å². The average Bonchev–Trinajstić information content (AvgIpc) is 3.27. The van der Waals surface area contributed by atoms with Crippen molar-refractivity contribution >= 4 is 11.1 Å². The third kappa shape index (κ3) is 4.36. The van der Waals surface area contributed by atoms with E-state index in [0.29, 0.717) is 0 Å². The maximum Gasteiger partial charge on any atom is 0.0594 e. The SMILES string of the molecule is C1=CC=C(C2=C(c3ccc(CN4CCOCC4)cc3)CCc3c2ccc2c3CCc3ccccc3-2)NC=C1. The van der Waals surface area contributed by atoms with Crippen molar-refractivity contribution in [1.82, 2.24) is 10.2 Å². The second-order valence-electron chi connectivity index (χ2n) is 10.7. The fourth-order valence-electron chi connectivity index (χ4n) is 6.59. The first kappa shape index (κ1) is 23.5. The van der Waals surface area contributed by atoms with Crippen molar-refractivity contribution in [3.63, 3.8) is 0 Å². The van der Waals surface area contributed by atoms with Crippen LogP contribution in [0.15, 0.2) is 96.9 Å². The summed E-state index contributed by atoms with van der Waals surface area (Å²) >= 11 is 0. The Morgan fingerprint density at radius 2 is 1.50 bits per heavy atom. The van der Waals surface area contributed by atoms with Gasteiger partial charge in [-0.1, -0.05) is 72.8 Å². The van der Waals surface area contributed by atoms with E-state index in [2.05, 4.69) is 95.2 Å². The van der Waals surface area contributed by atoms with Crippen molar-refractivity contribution in [2.45, 2.75) is 32.2 Å². The van der Waals surface area contributed by atoms with Gasteiger partial charge in [0.15, 0.2) is 0 Å². The van der Waals surface area contributed by atoms with Crippen molar-refractivity contribution in [2.24, 2.45) is 0 Å². The third-order valence-electron chi connectivity index (χ3n) is 8.48. The normalized spacial score (nSPS) is 18.7. The van der Waals surface area contributed by atoms with Gasteiger partial charge in [-0.2, -0.15) is 0 Å². The predicted molar refractivity (Wildman–Crippen MR) is 156 cm³/mol. The minimum Gasteiger partial charge on any atom is -0.379 e. The first-order chi connectivity index (χ1) is 18.8. The van der Waals surface area contributed by atoms with Crippen molar-refractivity contribution in [3.8, 4) is 11.1 Å². The summed E-state index contributed by atoms with van der Waals surface area (Å²) in [7, 11) is 0.